The first-order valence-electron chi connectivity index (χ1n) is 8.13. The summed E-state index contributed by atoms with van der Waals surface area (Å²) in [5.74, 6) is 0.691. The molecule has 1 aromatic heterocycles. The molecule has 2 N–H and O–H groups in total. The lowest BCUT2D eigenvalue weighted by Gasteiger charge is -2.20. The fraction of sp³-hybridized carbons (Fsp3) is 0.412. The van der Waals surface area contributed by atoms with E-state index in [0.29, 0.717) is 17.4 Å². The minimum absolute atomic E-state index is 0.0753. The van der Waals surface area contributed by atoms with E-state index in [0.717, 1.165) is 24.9 Å². The van der Waals surface area contributed by atoms with Crippen LogP contribution in [0.4, 0.5) is 10.6 Å². The number of ether oxygens (including phenoxy) is 1. The van der Waals surface area contributed by atoms with Crippen molar-refractivity contribution in [1.29, 1.82) is 0 Å². The molecule has 24 heavy (non-hydrogen) atoms. The maximum Gasteiger partial charge on any atom is 0.320 e. The summed E-state index contributed by atoms with van der Waals surface area (Å²) in [6.07, 6.45) is 3.25. The van der Waals surface area contributed by atoms with Crippen LogP contribution in [0, 0.1) is 0 Å². The van der Waals surface area contributed by atoms with Gasteiger partial charge in [0.05, 0.1) is 12.2 Å². The highest BCUT2D eigenvalue weighted by Crippen LogP contribution is 2.30. The fourth-order valence-corrected chi connectivity index (χ4v) is 2.99. The Hall–Kier alpha value is -2.05. The van der Waals surface area contributed by atoms with Gasteiger partial charge in [-0.2, -0.15) is 5.10 Å². The first kappa shape index (κ1) is 16.8. The van der Waals surface area contributed by atoms with Crippen molar-refractivity contribution >= 4 is 23.4 Å². The Morgan fingerprint density at radius 3 is 2.92 bits per heavy atom. The lowest BCUT2D eigenvalue weighted by Crippen LogP contribution is -2.40. The van der Waals surface area contributed by atoms with Gasteiger partial charge in [-0.3, -0.25) is 5.32 Å². The van der Waals surface area contributed by atoms with Crippen molar-refractivity contribution in [2.24, 2.45) is 0 Å². The third-order valence-electron chi connectivity index (χ3n) is 4.00. The Balaban J connectivity index is 1.62. The zero-order valence-corrected chi connectivity index (χ0v) is 14.3. The number of carbonyl (C=O) groups excluding carboxylic acids is 1. The molecule has 1 saturated heterocycles. The van der Waals surface area contributed by atoms with E-state index in [1.807, 2.05) is 24.3 Å². The van der Waals surface area contributed by atoms with E-state index in [2.05, 4.69) is 22.7 Å². The lowest BCUT2D eigenvalue weighted by atomic mass is 10.0. The average molecular weight is 349 g/mol. The summed E-state index contributed by atoms with van der Waals surface area (Å²) in [7, 11) is 0. The van der Waals surface area contributed by atoms with Crippen LogP contribution < -0.4 is 10.6 Å². The van der Waals surface area contributed by atoms with Crippen LogP contribution in [-0.4, -0.2) is 28.5 Å². The van der Waals surface area contributed by atoms with Gasteiger partial charge in [-0.1, -0.05) is 30.7 Å². The molecule has 0 radical (unpaired) electrons. The van der Waals surface area contributed by atoms with E-state index in [1.54, 1.807) is 16.9 Å². The van der Waals surface area contributed by atoms with Gasteiger partial charge in [-0.25, -0.2) is 9.48 Å². The standard InChI is InChI=1S/C17H21ClN4O2/c1-2-10-22-15(7-9-19-22)21-17(23)20-14-8-11-24-16(14)12-3-5-13(18)6-4-12/h3-7,9,14,16H,2,8,10-11H2,1H3,(H2,20,21,23)/t14-,16-/m0/s1. The second kappa shape index (κ2) is 7.68. The first-order valence-corrected chi connectivity index (χ1v) is 8.51. The van der Waals surface area contributed by atoms with Crippen LogP contribution in [0.2, 0.25) is 5.02 Å². The summed E-state index contributed by atoms with van der Waals surface area (Å²) in [4.78, 5) is 12.3. The summed E-state index contributed by atoms with van der Waals surface area (Å²) < 4.78 is 7.57. The molecule has 1 aromatic carbocycles. The molecule has 0 aliphatic carbocycles. The zero-order valence-electron chi connectivity index (χ0n) is 13.5. The molecule has 0 spiro atoms. The molecule has 0 bridgehead atoms. The molecule has 7 heteroatoms. The molecular formula is C17H21ClN4O2. The van der Waals surface area contributed by atoms with Gasteiger partial charge >= 0.3 is 6.03 Å². The Labute approximate surface area is 146 Å². The number of halogens is 1. The number of anilines is 1. The molecule has 128 valence electrons. The van der Waals surface area contributed by atoms with Crippen molar-refractivity contribution < 1.29 is 9.53 Å². The van der Waals surface area contributed by atoms with Crippen LogP contribution in [0.5, 0.6) is 0 Å². The number of carbonyl (C=O) groups is 1. The second-order valence-corrected chi connectivity index (χ2v) is 6.21. The number of aromatic nitrogens is 2. The van der Waals surface area contributed by atoms with Crippen LogP contribution in [-0.2, 0) is 11.3 Å². The van der Waals surface area contributed by atoms with Crippen LogP contribution in [0.1, 0.15) is 31.4 Å². The number of nitrogens with zero attached hydrogens (tertiary/aromatic N) is 2. The number of nitrogens with one attached hydrogen (secondary N) is 2. The van der Waals surface area contributed by atoms with Gasteiger partial charge in [0.1, 0.15) is 11.9 Å². The Morgan fingerprint density at radius 2 is 2.17 bits per heavy atom. The van der Waals surface area contributed by atoms with E-state index in [4.69, 9.17) is 16.3 Å². The SMILES string of the molecule is CCCn1nccc1NC(=O)N[C@H]1CCO[C@H]1c1ccc(Cl)cc1. The third kappa shape index (κ3) is 3.88. The van der Waals surface area contributed by atoms with E-state index in [-0.39, 0.29) is 18.2 Å². The Kier molecular flexibility index (Phi) is 5.37. The number of urea groups is 1. The molecule has 3 rings (SSSR count). The summed E-state index contributed by atoms with van der Waals surface area (Å²) in [6.45, 7) is 3.45. The molecule has 1 fully saturated rings. The summed E-state index contributed by atoms with van der Waals surface area (Å²) in [6, 6.07) is 8.99. The Bertz CT molecular complexity index is 686. The van der Waals surface area contributed by atoms with Crippen molar-refractivity contribution in [2.75, 3.05) is 11.9 Å². The molecule has 2 heterocycles. The maximum atomic E-state index is 12.3. The molecular weight excluding hydrogens is 328 g/mol. The molecule has 0 saturated carbocycles. The monoisotopic (exact) mass is 348 g/mol. The predicted molar refractivity (Wildman–Crippen MR) is 93.2 cm³/mol. The maximum absolute atomic E-state index is 12.3. The molecule has 2 atom stereocenters. The highest BCUT2D eigenvalue weighted by Gasteiger charge is 2.31. The van der Waals surface area contributed by atoms with Gasteiger partial charge in [-0.15, -0.1) is 0 Å². The minimum Gasteiger partial charge on any atom is -0.371 e. The van der Waals surface area contributed by atoms with Crippen molar-refractivity contribution in [3.63, 3.8) is 0 Å². The smallest absolute Gasteiger partial charge is 0.320 e. The topological polar surface area (TPSA) is 68.2 Å². The van der Waals surface area contributed by atoms with Gasteiger partial charge in [-0.05, 0) is 30.5 Å². The first-order chi connectivity index (χ1) is 11.7. The van der Waals surface area contributed by atoms with Gasteiger partial charge in [0.25, 0.3) is 0 Å². The van der Waals surface area contributed by atoms with Crippen molar-refractivity contribution in [3.05, 3.63) is 47.1 Å². The highest BCUT2D eigenvalue weighted by atomic mass is 35.5. The predicted octanol–water partition coefficient (Wildman–Crippen LogP) is 3.60. The summed E-state index contributed by atoms with van der Waals surface area (Å²) in [5.41, 5.74) is 1.01. The Morgan fingerprint density at radius 1 is 1.38 bits per heavy atom. The molecule has 2 amide bonds. The summed E-state index contributed by atoms with van der Waals surface area (Å²) in [5, 5.41) is 10.7. The molecule has 2 aromatic rings. The number of rotatable bonds is 5. The number of hydrogen-bond acceptors (Lipinski definition) is 3. The second-order valence-electron chi connectivity index (χ2n) is 5.78. The van der Waals surface area contributed by atoms with Crippen molar-refractivity contribution in [3.8, 4) is 0 Å². The van der Waals surface area contributed by atoms with E-state index < -0.39 is 0 Å². The van der Waals surface area contributed by atoms with Crippen LogP contribution in [0.15, 0.2) is 36.5 Å². The van der Waals surface area contributed by atoms with E-state index in [1.165, 1.54) is 0 Å². The third-order valence-corrected chi connectivity index (χ3v) is 4.25. The minimum atomic E-state index is -0.248. The highest BCUT2D eigenvalue weighted by molar-refractivity contribution is 6.30. The molecule has 1 aliphatic rings. The van der Waals surface area contributed by atoms with Gasteiger partial charge in [0, 0.05) is 24.2 Å². The van der Waals surface area contributed by atoms with Crippen LogP contribution >= 0.6 is 11.6 Å². The molecule has 6 nitrogen and oxygen atoms in total. The van der Waals surface area contributed by atoms with Crippen LogP contribution in [0.25, 0.3) is 0 Å². The van der Waals surface area contributed by atoms with Gasteiger partial charge < -0.3 is 10.1 Å². The summed E-state index contributed by atoms with van der Waals surface area (Å²) >= 11 is 5.93. The number of aryl methyl sites for hydroxylation is 1. The number of hydrogen-bond donors (Lipinski definition) is 2. The zero-order chi connectivity index (χ0) is 16.9. The van der Waals surface area contributed by atoms with E-state index in [9.17, 15) is 4.79 Å². The molecule has 1 aliphatic heterocycles. The van der Waals surface area contributed by atoms with Crippen LogP contribution in [0.3, 0.4) is 0 Å². The largest absolute Gasteiger partial charge is 0.371 e. The molecule has 0 unspecified atom stereocenters. The number of benzene rings is 1. The lowest BCUT2D eigenvalue weighted by molar-refractivity contribution is 0.100. The quantitative estimate of drug-likeness (QED) is 0.867. The number of amides is 2. The fourth-order valence-electron chi connectivity index (χ4n) is 2.87. The van der Waals surface area contributed by atoms with Crippen molar-refractivity contribution in [2.45, 2.75) is 38.5 Å². The van der Waals surface area contributed by atoms with E-state index >= 15 is 0 Å². The van der Waals surface area contributed by atoms with Gasteiger partial charge in [0.15, 0.2) is 0 Å². The van der Waals surface area contributed by atoms with Crippen molar-refractivity contribution in [1.82, 2.24) is 15.1 Å². The normalized spacial score (nSPS) is 20.1. The average Bonchev–Trinajstić information content (AvgIpc) is 3.19. The van der Waals surface area contributed by atoms with Gasteiger partial charge in [0.2, 0.25) is 0 Å².